The predicted molar refractivity (Wildman–Crippen MR) is 123 cm³/mol. The molecule has 1 aliphatic heterocycles. The fourth-order valence-electron chi connectivity index (χ4n) is 3.88. The van der Waals surface area contributed by atoms with Crippen LogP contribution in [0.5, 0.6) is 11.5 Å². The Morgan fingerprint density at radius 1 is 1.18 bits per heavy atom. The van der Waals surface area contributed by atoms with Gasteiger partial charge in [0.1, 0.15) is 12.1 Å². The summed E-state index contributed by atoms with van der Waals surface area (Å²) in [6.45, 7) is -0.100. The number of rotatable bonds is 9. The Balaban J connectivity index is 1.35. The molecule has 1 fully saturated rings. The van der Waals surface area contributed by atoms with Crippen molar-refractivity contribution in [2.45, 2.75) is 32.0 Å². The average molecular weight is 479 g/mol. The first kappa shape index (κ1) is 23.4. The summed E-state index contributed by atoms with van der Waals surface area (Å²) >= 11 is 6.06. The Morgan fingerprint density at radius 3 is 2.76 bits per heavy atom. The van der Waals surface area contributed by atoms with Crippen molar-refractivity contribution in [2.24, 2.45) is 0 Å². The Kier molecular flexibility index (Phi) is 7.74. The molecule has 176 valence electrons. The lowest BCUT2D eigenvalue weighted by atomic mass is 10.1. The zero-order valence-electron chi connectivity index (χ0n) is 17.9. The Morgan fingerprint density at radius 2 is 2.00 bits per heavy atom. The van der Waals surface area contributed by atoms with Crippen molar-refractivity contribution in [2.75, 3.05) is 31.6 Å². The molecule has 2 aromatic carbocycles. The number of phenols is 1. The topological polar surface area (TPSA) is 79.7 Å². The molecule has 1 aliphatic rings. The molecule has 0 amide bonds. The van der Waals surface area contributed by atoms with Crippen molar-refractivity contribution < 1.29 is 23.4 Å². The zero-order valence-corrected chi connectivity index (χ0v) is 18.6. The maximum Gasteiger partial charge on any atom is 0.345 e. The van der Waals surface area contributed by atoms with E-state index in [9.17, 15) is 13.9 Å². The van der Waals surface area contributed by atoms with Crippen LogP contribution in [-0.2, 0) is 4.74 Å². The van der Waals surface area contributed by atoms with Gasteiger partial charge in [0, 0.05) is 41.8 Å². The molecular weight excluding hydrogens is 454 g/mol. The van der Waals surface area contributed by atoms with Gasteiger partial charge in [0.2, 0.25) is 0 Å². The third kappa shape index (κ3) is 6.40. The number of ether oxygens (including phenoxy) is 2. The second-order valence-corrected chi connectivity index (χ2v) is 8.27. The summed E-state index contributed by atoms with van der Waals surface area (Å²) < 4.78 is 35.1. The molecule has 33 heavy (non-hydrogen) atoms. The second kappa shape index (κ2) is 10.9. The third-order valence-corrected chi connectivity index (χ3v) is 5.74. The number of nitrogens with zero attached hydrogens (tertiary/aromatic N) is 3. The van der Waals surface area contributed by atoms with E-state index >= 15 is 0 Å². The van der Waals surface area contributed by atoms with Crippen LogP contribution in [0.3, 0.4) is 0 Å². The number of likely N-dealkylation sites (tertiary alicyclic amines) is 1. The van der Waals surface area contributed by atoms with E-state index in [2.05, 4.69) is 24.9 Å². The second-order valence-electron chi connectivity index (χ2n) is 7.83. The van der Waals surface area contributed by atoms with Crippen molar-refractivity contribution >= 4 is 34.0 Å². The molecule has 3 aromatic rings. The van der Waals surface area contributed by atoms with Crippen molar-refractivity contribution in [3.8, 4) is 11.5 Å². The summed E-state index contributed by atoms with van der Waals surface area (Å²) in [5.74, 6) is 0.913. The molecule has 1 aromatic heterocycles. The van der Waals surface area contributed by atoms with Crippen LogP contribution >= 0.6 is 11.6 Å². The van der Waals surface area contributed by atoms with Crippen LogP contribution in [0, 0.1) is 0 Å². The third-order valence-electron chi connectivity index (χ3n) is 5.51. The number of halogens is 3. The quantitative estimate of drug-likeness (QED) is 0.409. The van der Waals surface area contributed by atoms with Gasteiger partial charge in [0.05, 0.1) is 18.2 Å². The minimum absolute atomic E-state index is 0.000123. The highest BCUT2D eigenvalue weighted by Crippen LogP contribution is 2.34. The van der Waals surface area contributed by atoms with Crippen LogP contribution in [0.2, 0.25) is 5.02 Å². The number of anilines is 2. The summed E-state index contributed by atoms with van der Waals surface area (Å²) in [6.07, 6.45) is 2.98. The molecule has 2 N–H and O–H groups in total. The Bertz CT molecular complexity index is 1080. The van der Waals surface area contributed by atoms with E-state index < -0.39 is 6.61 Å². The van der Waals surface area contributed by atoms with Gasteiger partial charge >= 0.3 is 6.61 Å². The van der Waals surface area contributed by atoms with Crippen LogP contribution in [0.25, 0.3) is 10.9 Å². The number of phenolic OH excluding ortho intramolecular Hbond substituents is 1. The molecule has 1 saturated heterocycles. The van der Waals surface area contributed by atoms with Crippen molar-refractivity contribution in [3.63, 3.8) is 0 Å². The summed E-state index contributed by atoms with van der Waals surface area (Å²) in [4.78, 5) is 10.8. The van der Waals surface area contributed by atoms with Crippen LogP contribution < -0.4 is 10.1 Å². The van der Waals surface area contributed by atoms with Gasteiger partial charge in [0.25, 0.3) is 0 Å². The van der Waals surface area contributed by atoms with E-state index in [1.807, 2.05) is 12.1 Å². The highest BCUT2D eigenvalue weighted by molar-refractivity contribution is 6.30. The van der Waals surface area contributed by atoms with Crippen molar-refractivity contribution in [1.82, 2.24) is 14.9 Å². The summed E-state index contributed by atoms with van der Waals surface area (Å²) in [5, 5.41) is 14.9. The smallest absolute Gasteiger partial charge is 0.345 e. The summed E-state index contributed by atoms with van der Waals surface area (Å²) in [7, 11) is 0. The number of piperidine rings is 1. The van der Waals surface area contributed by atoms with E-state index in [-0.39, 0.29) is 11.9 Å². The normalized spacial score (nSPS) is 15.3. The van der Waals surface area contributed by atoms with Crippen LogP contribution in [-0.4, -0.2) is 58.9 Å². The standard InChI is InChI=1S/C23H25ClF2N4O3/c24-15-3-1-4-16(11-15)29-22-18-12-21(20(31)13-19(18)27-14-28-22)32-10-2-7-30-8-5-17(6-9-30)33-23(25)26/h1,3-4,11-14,17,23,31H,2,5-10H2,(H,27,28,29). The number of hydrogen-bond acceptors (Lipinski definition) is 7. The zero-order chi connectivity index (χ0) is 23.2. The largest absolute Gasteiger partial charge is 0.504 e. The summed E-state index contributed by atoms with van der Waals surface area (Å²) in [6, 6.07) is 10.5. The van der Waals surface area contributed by atoms with Gasteiger partial charge in [-0.3, -0.25) is 0 Å². The van der Waals surface area contributed by atoms with Gasteiger partial charge in [-0.05, 0) is 43.5 Å². The molecule has 0 aliphatic carbocycles. The molecule has 0 unspecified atom stereocenters. The van der Waals surface area contributed by atoms with Gasteiger partial charge in [-0.1, -0.05) is 17.7 Å². The van der Waals surface area contributed by atoms with Crippen LogP contribution in [0.1, 0.15) is 19.3 Å². The number of alkyl halides is 2. The molecule has 2 heterocycles. The van der Waals surface area contributed by atoms with E-state index in [4.69, 9.17) is 16.3 Å². The predicted octanol–water partition coefficient (Wildman–Crippen LogP) is 5.20. The van der Waals surface area contributed by atoms with E-state index in [0.29, 0.717) is 60.0 Å². The number of hydrogen-bond donors (Lipinski definition) is 2. The monoisotopic (exact) mass is 478 g/mol. The molecule has 7 nitrogen and oxygen atoms in total. The molecule has 10 heteroatoms. The average Bonchev–Trinajstić information content (AvgIpc) is 2.78. The summed E-state index contributed by atoms with van der Waals surface area (Å²) in [5.41, 5.74) is 1.36. The maximum atomic E-state index is 12.3. The fourth-order valence-corrected chi connectivity index (χ4v) is 4.07. The lowest BCUT2D eigenvalue weighted by Gasteiger charge is -2.31. The number of benzene rings is 2. The molecule has 0 bridgehead atoms. The Hall–Kier alpha value is -2.75. The number of aromatic nitrogens is 2. The number of nitrogens with one attached hydrogen (secondary N) is 1. The molecule has 4 rings (SSSR count). The molecule has 0 radical (unpaired) electrons. The molecule has 0 atom stereocenters. The van der Waals surface area contributed by atoms with Gasteiger partial charge in [-0.15, -0.1) is 0 Å². The van der Waals surface area contributed by atoms with Gasteiger partial charge in [-0.2, -0.15) is 8.78 Å². The van der Waals surface area contributed by atoms with Gasteiger partial charge < -0.3 is 24.8 Å². The minimum atomic E-state index is -2.71. The lowest BCUT2D eigenvalue weighted by molar-refractivity contribution is -0.172. The van der Waals surface area contributed by atoms with E-state index in [1.165, 1.54) is 6.33 Å². The van der Waals surface area contributed by atoms with E-state index in [0.717, 1.165) is 18.7 Å². The van der Waals surface area contributed by atoms with Crippen molar-refractivity contribution in [1.29, 1.82) is 0 Å². The lowest BCUT2D eigenvalue weighted by Crippen LogP contribution is -2.38. The minimum Gasteiger partial charge on any atom is -0.504 e. The van der Waals surface area contributed by atoms with E-state index in [1.54, 1.807) is 24.3 Å². The molecule has 0 spiro atoms. The molecule has 0 saturated carbocycles. The first-order valence-electron chi connectivity index (χ1n) is 10.8. The highest BCUT2D eigenvalue weighted by Gasteiger charge is 2.22. The number of fused-ring (bicyclic) bond motifs is 1. The molecular formula is C23H25ClF2N4O3. The highest BCUT2D eigenvalue weighted by atomic mass is 35.5. The van der Waals surface area contributed by atoms with Crippen molar-refractivity contribution in [3.05, 3.63) is 47.7 Å². The Labute approximate surface area is 195 Å². The first-order chi connectivity index (χ1) is 16.0. The van der Waals surface area contributed by atoms with Crippen LogP contribution in [0.4, 0.5) is 20.3 Å². The maximum absolute atomic E-state index is 12.3. The SMILES string of the molecule is Oc1cc2ncnc(Nc3cccc(Cl)c3)c2cc1OCCCN1CCC(OC(F)F)CC1. The number of aromatic hydroxyl groups is 1. The van der Waals surface area contributed by atoms with Gasteiger partial charge in [-0.25, -0.2) is 9.97 Å². The van der Waals surface area contributed by atoms with Gasteiger partial charge in [0.15, 0.2) is 11.5 Å². The first-order valence-corrected chi connectivity index (χ1v) is 11.1. The van der Waals surface area contributed by atoms with Crippen LogP contribution in [0.15, 0.2) is 42.7 Å². The fraction of sp³-hybridized carbons (Fsp3) is 0.391.